The van der Waals surface area contributed by atoms with E-state index >= 15 is 0 Å². The molecule has 0 saturated heterocycles. The maximum atomic E-state index is 12.8. The molecule has 0 atom stereocenters. The molecule has 3 aromatic rings. The molecule has 3 rings (SSSR count). The van der Waals surface area contributed by atoms with Gasteiger partial charge >= 0.3 is 12.5 Å². The van der Waals surface area contributed by atoms with E-state index in [4.69, 9.17) is 0 Å². The number of alkyl halides is 6. The molecule has 2 aromatic heterocycles. The predicted octanol–water partition coefficient (Wildman–Crippen LogP) is 6.01. The van der Waals surface area contributed by atoms with Gasteiger partial charge in [0.15, 0.2) is 0 Å². The monoisotopic (exact) mass is 484 g/mol. The summed E-state index contributed by atoms with van der Waals surface area (Å²) in [5.74, 6) is 0.721. The predicted molar refractivity (Wildman–Crippen MR) is 117 cm³/mol. The number of nitrogens with zero attached hydrogens (tertiary/aromatic N) is 3. The normalized spacial score (nSPS) is 12.1. The number of nitrogens with one attached hydrogen (secondary N) is 1. The van der Waals surface area contributed by atoms with Crippen LogP contribution in [0.15, 0.2) is 49.2 Å². The standard InChI is InChI=1S/C23H22F6N4O/c1-14-10-17-11-16(4-7-20(17)32-21(14)30-3)15(2)33(8-9-34-23(27,28)29)13-19-6-5-18(12-31-19)22(24,25)26/h4-7,10-12H,2,8-9,13H2,1,3H3,(H,30,32). The summed E-state index contributed by atoms with van der Waals surface area (Å²) in [5.41, 5.74) is 1.91. The third-order valence-electron chi connectivity index (χ3n) is 5.09. The van der Waals surface area contributed by atoms with Crippen molar-refractivity contribution in [1.82, 2.24) is 14.9 Å². The SMILES string of the molecule is C=C(c1ccc2nc(NC)c(C)cc2c1)N(CCOC(F)(F)F)Cc1ccc(C(F)(F)F)cn1. The number of anilines is 1. The number of halogens is 6. The first-order valence-electron chi connectivity index (χ1n) is 10.1. The van der Waals surface area contributed by atoms with Crippen molar-refractivity contribution in [2.75, 3.05) is 25.5 Å². The highest BCUT2D eigenvalue weighted by molar-refractivity contribution is 5.85. The lowest BCUT2D eigenvalue weighted by molar-refractivity contribution is -0.324. The van der Waals surface area contributed by atoms with Crippen LogP contribution in [0.3, 0.4) is 0 Å². The molecule has 1 N–H and O–H groups in total. The average molecular weight is 484 g/mol. The van der Waals surface area contributed by atoms with E-state index in [-0.39, 0.29) is 18.8 Å². The van der Waals surface area contributed by atoms with Gasteiger partial charge < -0.3 is 10.2 Å². The molecule has 5 nitrogen and oxygen atoms in total. The molecule has 0 fully saturated rings. The molecule has 11 heteroatoms. The molecular formula is C23H22F6N4O. The summed E-state index contributed by atoms with van der Waals surface area (Å²) >= 11 is 0. The number of pyridine rings is 2. The first-order chi connectivity index (χ1) is 15.9. The Kier molecular flexibility index (Phi) is 7.35. The fourth-order valence-corrected chi connectivity index (χ4v) is 3.36. The van der Waals surface area contributed by atoms with E-state index in [9.17, 15) is 26.3 Å². The van der Waals surface area contributed by atoms with Crippen LogP contribution >= 0.6 is 0 Å². The van der Waals surface area contributed by atoms with Gasteiger partial charge in [-0.3, -0.25) is 9.72 Å². The van der Waals surface area contributed by atoms with Gasteiger partial charge in [-0.25, -0.2) is 4.98 Å². The number of hydrogen-bond acceptors (Lipinski definition) is 5. The van der Waals surface area contributed by atoms with E-state index in [0.29, 0.717) is 23.0 Å². The molecular weight excluding hydrogens is 462 g/mol. The highest BCUT2D eigenvalue weighted by Gasteiger charge is 2.31. The Labute approximate surface area is 192 Å². The van der Waals surface area contributed by atoms with Crippen molar-refractivity contribution in [3.8, 4) is 0 Å². The minimum absolute atomic E-state index is 0.0633. The Morgan fingerprint density at radius 3 is 2.41 bits per heavy atom. The van der Waals surface area contributed by atoms with E-state index in [1.807, 2.05) is 13.0 Å². The largest absolute Gasteiger partial charge is 0.522 e. The van der Waals surface area contributed by atoms with Crippen LogP contribution in [0.25, 0.3) is 16.6 Å². The second kappa shape index (κ2) is 9.88. The van der Waals surface area contributed by atoms with Crippen LogP contribution in [0.4, 0.5) is 32.2 Å². The smallest absolute Gasteiger partial charge is 0.373 e. The van der Waals surface area contributed by atoms with Gasteiger partial charge in [0.05, 0.1) is 29.9 Å². The number of benzene rings is 1. The van der Waals surface area contributed by atoms with Gasteiger partial charge in [-0.05, 0) is 48.4 Å². The Balaban J connectivity index is 1.87. The van der Waals surface area contributed by atoms with Gasteiger partial charge in [0.25, 0.3) is 0 Å². The number of fused-ring (bicyclic) bond motifs is 1. The van der Waals surface area contributed by atoms with Crippen molar-refractivity contribution in [2.24, 2.45) is 0 Å². The summed E-state index contributed by atoms with van der Waals surface area (Å²) in [5, 5.41) is 3.80. The summed E-state index contributed by atoms with van der Waals surface area (Å²) in [7, 11) is 1.76. The number of ether oxygens (including phenoxy) is 1. The fraction of sp³-hybridized carbons (Fsp3) is 0.304. The highest BCUT2D eigenvalue weighted by Crippen LogP contribution is 2.29. The van der Waals surface area contributed by atoms with Crippen molar-refractivity contribution >= 4 is 22.4 Å². The lowest BCUT2D eigenvalue weighted by atomic mass is 10.1. The molecule has 0 unspecified atom stereocenters. The molecule has 0 saturated carbocycles. The second-order valence-electron chi connectivity index (χ2n) is 7.51. The zero-order valence-corrected chi connectivity index (χ0v) is 18.4. The van der Waals surface area contributed by atoms with Crippen LogP contribution in [-0.4, -0.2) is 41.4 Å². The Morgan fingerprint density at radius 2 is 1.82 bits per heavy atom. The van der Waals surface area contributed by atoms with Gasteiger partial charge in [0.1, 0.15) is 5.82 Å². The summed E-state index contributed by atoms with van der Waals surface area (Å²) in [4.78, 5) is 9.80. The van der Waals surface area contributed by atoms with Gasteiger partial charge in [-0.2, -0.15) is 13.2 Å². The molecule has 0 spiro atoms. The first-order valence-corrected chi connectivity index (χ1v) is 10.1. The third-order valence-corrected chi connectivity index (χ3v) is 5.09. The van der Waals surface area contributed by atoms with E-state index in [2.05, 4.69) is 26.6 Å². The van der Waals surface area contributed by atoms with Crippen molar-refractivity contribution in [3.05, 3.63) is 71.6 Å². The number of aromatic nitrogens is 2. The Bertz CT molecular complexity index is 1160. The molecule has 0 bridgehead atoms. The van der Waals surface area contributed by atoms with Crippen LogP contribution in [0.5, 0.6) is 0 Å². The summed E-state index contributed by atoms with van der Waals surface area (Å²) in [6.07, 6.45) is -8.66. The van der Waals surface area contributed by atoms with Crippen LogP contribution in [0, 0.1) is 6.92 Å². The van der Waals surface area contributed by atoms with E-state index in [0.717, 1.165) is 22.8 Å². The molecule has 1 aromatic carbocycles. The summed E-state index contributed by atoms with van der Waals surface area (Å²) in [6.45, 7) is 4.92. The number of hydrogen-bond donors (Lipinski definition) is 1. The second-order valence-corrected chi connectivity index (χ2v) is 7.51. The molecule has 0 aliphatic heterocycles. The lowest BCUT2D eigenvalue weighted by Gasteiger charge is -2.27. The summed E-state index contributed by atoms with van der Waals surface area (Å²) in [6, 6.07) is 9.26. The van der Waals surface area contributed by atoms with Crippen LogP contribution < -0.4 is 5.32 Å². The molecule has 2 heterocycles. The minimum Gasteiger partial charge on any atom is -0.373 e. The lowest BCUT2D eigenvalue weighted by Crippen LogP contribution is -2.28. The van der Waals surface area contributed by atoms with Crippen LogP contribution in [0.2, 0.25) is 0 Å². The molecule has 0 radical (unpaired) electrons. The van der Waals surface area contributed by atoms with Crippen LogP contribution in [-0.2, 0) is 17.5 Å². The van der Waals surface area contributed by atoms with Gasteiger partial charge in [-0.1, -0.05) is 12.6 Å². The Hall–Kier alpha value is -3.34. The molecule has 182 valence electrons. The maximum absolute atomic E-state index is 12.8. The van der Waals surface area contributed by atoms with Crippen LogP contribution in [0.1, 0.15) is 22.4 Å². The van der Waals surface area contributed by atoms with E-state index in [1.165, 1.54) is 11.0 Å². The zero-order chi connectivity index (χ0) is 25.1. The van der Waals surface area contributed by atoms with Crippen molar-refractivity contribution < 1.29 is 31.1 Å². The van der Waals surface area contributed by atoms with Gasteiger partial charge in [0.2, 0.25) is 0 Å². The number of rotatable bonds is 8. The molecule has 0 aliphatic rings. The first kappa shape index (κ1) is 25.3. The number of aryl methyl sites for hydroxylation is 1. The van der Waals surface area contributed by atoms with Gasteiger partial charge in [0, 0.05) is 30.9 Å². The topological polar surface area (TPSA) is 50.3 Å². The Morgan fingerprint density at radius 1 is 1.09 bits per heavy atom. The fourth-order valence-electron chi connectivity index (χ4n) is 3.36. The molecule has 0 amide bonds. The van der Waals surface area contributed by atoms with E-state index < -0.39 is 24.7 Å². The quantitative estimate of drug-likeness (QED) is 0.397. The maximum Gasteiger partial charge on any atom is 0.522 e. The molecule has 0 aliphatic carbocycles. The third kappa shape index (κ3) is 6.37. The van der Waals surface area contributed by atoms with Crippen molar-refractivity contribution in [3.63, 3.8) is 0 Å². The van der Waals surface area contributed by atoms with Crippen molar-refractivity contribution in [1.29, 1.82) is 0 Å². The average Bonchev–Trinajstić information content (AvgIpc) is 2.76. The highest BCUT2D eigenvalue weighted by atomic mass is 19.4. The van der Waals surface area contributed by atoms with Crippen molar-refractivity contribution in [2.45, 2.75) is 26.0 Å². The van der Waals surface area contributed by atoms with E-state index in [1.54, 1.807) is 25.2 Å². The minimum atomic E-state index is -4.81. The zero-order valence-electron chi connectivity index (χ0n) is 18.4. The molecule has 34 heavy (non-hydrogen) atoms. The van der Waals surface area contributed by atoms with Gasteiger partial charge in [-0.15, -0.1) is 13.2 Å². The summed E-state index contributed by atoms with van der Waals surface area (Å²) < 4.78 is 79.8.